The van der Waals surface area contributed by atoms with Crippen LogP contribution in [0.5, 0.6) is 0 Å². The third kappa shape index (κ3) is 4.86. The molecule has 0 heterocycles. The number of ether oxygens (including phenoxy) is 1. The molecule has 0 fully saturated rings. The van der Waals surface area contributed by atoms with Gasteiger partial charge < -0.3 is 14.4 Å². The smallest absolute Gasteiger partial charge is 0.427 e. The van der Waals surface area contributed by atoms with Gasteiger partial charge in [-0.15, -0.1) is 0 Å². The molecule has 0 saturated heterocycles. The van der Waals surface area contributed by atoms with Crippen molar-refractivity contribution in [2.45, 2.75) is 32.8 Å². The van der Waals surface area contributed by atoms with E-state index >= 15 is 0 Å². The second-order valence-electron chi connectivity index (χ2n) is 4.70. The van der Waals surface area contributed by atoms with E-state index in [2.05, 4.69) is 5.48 Å². The molecule has 0 atom stereocenters. The summed E-state index contributed by atoms with van der Waals surface area (Å²) in [5.74, 6) is 0. The van der Waals surface area contributed by atoms with E-state index in [4.69, 9.17) is 9.57 Å². The molecule has 5 heteroatoms. The average molecular weight is 251 g/mol. The van der Waals surface area contributed by atoms with Gasteiger partial charge in [-0.2, -0.15) is 0 Å². The first-order chi connectivity index (χ1) is 8.42. The summed E-state index contributed by atoms with van der Waals surface area (Å²) in [5.41, 5.74) is 3.19. The fourth-order valence-corrected chi connectivity index (χ4v) is 1.26. The van der Waals surface area contributed by atoms with E-state index in [1.165, 1.54) is 0 Å². The van der Waals surface area contributed by atoms with Gasteiger partial charge in [0.15, 0.2) is 0 Å². The van der Waals surface area contributed by atoms with E-state index < -0.39 is 11.8 Å². The van der Waals surface area contributed by atoms with Crippen LogP contribution in [0.1, 0.15) is 26.3 Å². The van der Waals surface area contributed by atoms with Gasteiger partial charge in [0, 0.05) is 6.42 Å². The molecule has 18 heavy (non-hydrogen) atoms. The molecule has 0 aromatic heterocycles. The topological polar surface area (TPSA) is 64.6 Å². The molecule has 98 valence electrons. The van der Waals surface area contributed by atoms with Crippen LogP contribution in [-0.2, 0) is 20.8 Å². The molecule has 0 spiro atoms. The van der Waals surface area contributed by atoms with Crippen molar-refractivity contribution >= 4 is 18.1 Å². The third-order valence-electron chi connectivity index (χ3n) is 1.95. The van der Waals surface area contributed by atoms with Gasteiger partial charge in [0.2, 0.25) is 0 Å². The Kier molecular flexibility index (Phi) is 4.71. The number of carbonyl (C=O) groups excluding carboxylic acids is 2. The average Bonchev–Trinajstić information content (AvgIpc) is 2.26. The number of hydrogen-bond donors (Lipinski definition) is 1. The number of nitrogens with one attached hydrogen (secondary N) is 1. The monoisotopic (exact) mass is 251 g/mol. The molecule has 0 aliphatic carbocycles. The Bertz CT molecular complexity index is 423. The van der Waals surface area contributed by atoms with Crippen LogP contribution in [0.15, 0.2) is 24.3 Å². The lowest BCUT2D eigenvalue weighted by molar-refractivity contribution is -0.107. The van der Waals surface area contributed by atoms with Crippen LogP contribution >= 0.6 is 0 Å². The Morgan fingerprint density at radius 1 is 1.33 bits per heavy atom. The SMILES string of the molecule is CC(C)(C)OC(=O)ONc1ccccc1CC=O. The van der Waals surface area contributed by atoms with Crippen LogP contribution in [0, 0.1) is 0 Å². The normalized spacial score (nSPS) is 10.6. The Morgan fingerprint density at radius 3 is 2.61 bits per heavy atom. The largest absolute Gasteiger partial charge is 0.533 e. The zero-order chi connectivity index (χ0) is 13.6. The molecule has 0 aliphatic rings. The van der Waals surface area contributed by atoms with E-state index in [1.807, 2.05) is 0 Å². The van der Waals surface area contributed by atoms with Crippen LogP contribution in [0.3, 0.4) is 0 Å². The van der Waals surface area contributed by atoms with Crippen molar-refractivity contribution in [3.63, 3.8) is 0 Å². The molecule has 0 aliphatic heterocycles. The first-order valence-corrected chi connectivity index (χ1v) is 5.60. The second kappa shape index (κ2) is 6.05. The highest BCUT2D eigenvalue weighted by Gasteiger charge is 2.17. The van der Waals surface area contributed by atoms with Gasteiger partial charge in [-0.3, -0.25) is 0 Å². The molecule has 5 nitrogen and oxygen atoms in total. The highest BCUT2D eigenvalue weighted by molar-refractivity contribution is 5.65. The zero-order valence-corrected chi connectivity index (χ0v) is 10.7. The number of hydrogen-bond acceptors (Lipinski definition) is 5. The molecule has 0 unspecified atom stereocenters. The molecular weight excluding hydrogens is 234 g/mol. The van der Waals surface area contributed by atoms with E-state index in [0.717, 1.165) is 11.8 Å². The van der Waals surface area contributed by atoms with E-state index in [0.29, 0.717) is 5.69 Å². The minimum Gasteiger partial charge on any atom is -0.427 e. The van der Waals surface area contributed by atoms with E-state index in [-0.39, 0.29) is 6.42 Å². The lowest BCUT2D eigenvalue weighted by atomic mass is 10.1. The maximum absolute atomic E-state index is 11.3. The number of benzene rings is 1. The van der Waals surface area contributed by atoms with Gasteiger partial charge in [0.1, 0.15) is 11.9 Å². The molecule has 1 rings (SSSR count). The van der Waals surface area contributed by atoms with Crippen LogP contribution in [-0.4, -0.2) is 18.0 Å². The van der Waals surface area contributed by atoms with Gasteiger partial charge in [-0.1, -0.05) is 18.2 Å². The summed E-state index contributed by atoms with van der Waals surface area (Å²) in [6, 6.07) is 7.06. The van der Waals surface area contributed by atoms with Crippen molar-refractivity contribution in [3.05, 3.63) is 29.8 Å². The van der Waals surface area contributed by atoms with Crippen LogP contribution in [0.25, 0.3) is 0 Å². The molecule has 1 aromatic carbocycles. The van der Waals surface area contributed by atoms with Crippen LogP contribution in [0.2, 0.25) is 0 Å². The third-order valence-corrected chi connectivity index (χ3v) is 1.95. The molecule has 0 saturated carbocycles. The van der Waals surface area contributed by atoms with Gasteiger partial charge in [0.05, 0.1) is 5.69 Å². The number of rotatable bonds is 4. The summed E-state index contributed by atoms with van der Waals surface area (Å²) in [6.07, 6.45) is 0.220. The Balaban J connectivity index is 2.58. The lowest BCUT2D eigenvalue weighted by Crippen LogP contribution is -2.25. The van der Waals surface area contributed by atoms with E-state index in [1.54, 1.807) is 45.0 Å². The predicted octanol–water partition coefficient (Wildman–Crippen LogP) is 2.71. The number of anilines is 1. The summed E-state index contributed by atoms with van der Waals surface area (Å²) >= 11 is 0. The molecular formula is C13H17NO4. The Hall–Kier alpha value is -2.04. The first-order valence-electron chi connectivity index (χ1n) is 5.60. The van der Waals surface area contributed by atoms with Crippen molar-refractivity contribution in [3.8, 4) is 0 Å². The molecule has 0 radical (unpaired) electrons. The molecule has 0 bridgehead atoms. The van der Waals surface area contributed by atoms with Crippen LogP contribution in [0.4, 0.5) is 10.5 Å². The fourth-order valence-electron chi connectivity index (χ4n) is 1.26. The fraction of sp³-hybridized carbons (Fsp3) is 0.385. The van der Waals surface area contributed by atoms with Crippen molar-refractivity contribution in [2.75, 3.05) is 5.48 Å². The van der Waals surface area contributed by atoms with Crippen molar-refractivity contribution in [1.29, 1.82) is 0 Å². The molecule has 1 N–H and O–H groups in total. The highest BCUT2D eigenvalue weighted by atomic mass is 16.8. The number of carbonyl (C=O) groups is 2. The molecule has 1 aromatic rings. The van der Waals surface area contributed by atoms with Gasteiger partial charge in [0.25, 0.3) is 0 Å². The Morgan fingerprint density at radius 2 is 2.00 bits per heavy atom. The second-order valence-corrected chi connectivity index (χ2v) is 4.70. The van der Waals surface area contributed by atoms with Crippen molar-refractivity contribution in [1.82, 2.24) is 0 Å². The number of aldehydes is 1. The highest BCUT2D eigenvalue weighted by Crippen LogP contribution is 2.15. The van der Waals surface area contributed by atoms with E-state index in [9.17, 15) is 9.59 Å². The summed E-state index contributed by atoms with van der Waals surface area (Å²) in [7, 11) is 0. The molecule has 0 amide bonds. The summed E-state index contributed by atoms with van der Waals surface area (Å²) in [5, 5.41) is 0. The lowest BCUT2D eigenvalue weighted by Gasteiger charge is -2.19. The maximum Gasteiger partial charge on any atom is 0.533 e. The zero-order valence-electron chi connectivity index (χ0n) is 10.7. The van der Waals surface area contributed by atoms with Crippen molar-refractivity contribution in [2.24, 2.45) is 0 Å². The summed E-state index contributed by atoms with van der Waals surface area (Å²) in [6.45, 7) is 5.23. The summed E-state index contributed by atoms with van der Waals surface area (Å²) in [4.78, 5) is 26.6. The number of para-hydroxylation sites is 1. The van der Waals surface area contributed by atoms with Gasteiger partial charge in [-0.05, 0) is 32.4 Å². The van der Waals surface area contributed by atoms with Gasteiger partial charge >= 0.3 is 6.16 Å². The maximum atomic E-state index is 11.3. The summed E-state index contributed by atoms with van der Waals surface area (Å²) < 4.78 is 4.97. The standard InChI is InChI=1S/C13H17NO4/c1-13(2,3)17-12(16)18-14-11-7-5-4-6-10(11)8-9-15/h4-7,9,14H,8H2,1-3H3. The minimum absolute atomic E-state index is 0.251. The predicted molar refractivity (Wildman–Crippen MR) is 67.2 cm³/mol. The minimum atomic E-state index is -0.816. The van der Waals surface area contributed by atoms with Gasteiger partial charge in [-0.25, -0.2) is 10.3 Å². The quantitative estimate of drug-likeness (QED) is 0.506. The van der Waals surface area contributed by atoms with Crippen LogP contribution < -0.4 is 5.48 Å². The first kappa shape index (κ1) is 14.0. The van der Waals surface area contributed by atoms with Crippen molar-refractivity contribution < 1.29 is 19.2 Å². The Labute approximate surface area is 106 Å².